The summed E-state index contributed by atoms with van der Waals surface area (Å²) in [6.07, 6.45) is 6.15. The van der Waals surface area contributed by atoms with Crippen LogP contribution in [0.25, 0.3) is 0 Å². The molecule has 1 aliphatic carbocycles. The molecule has 1 aromatic heterocycles. The van der Waals surface area contributed by atoms with Gasteiger partial charge in [0.25, 0.3) is 0 Å². The maximum Gasteiger partial charge on any atom is 0.0930 e. The number of halogens is 1. The topological polar surface area (TPSA) is 12.9 Å². The molecule has 0 N–H and O–H groups in total. The number of nitrogens with zero attached hydrogens (tertiary/aromatic N) is 1. The second kappa shape index (κ2) is 4.63. The number of hydrogen-bond acceptors (Lipinski definition) is 2. The van der Waals surface area contributed by atoms with Crippen molar-refractivity contribution in [3.05, 3.63) is 16.1 Å². The molecule has 0 saturated heterocycles. The summed E-state index contributed by atoms with van der Waals surface area (Å²) in [6.45, 7) is 2.06. The second-order valence-electron chi connectivity index (χ2n) is 4.22. The predicted molar refractivity (Wildman–Crippen MR) is 62.2 cm³/mol. The zero-order valence-electron chi connectivity index (χ0n) is 8.50. The third kappa shape index (κ3) is 2.71. The molecule has 2 rings (SSSR count). The van der Waals surface area contributed by atoms with Gasteiger partial charge in [-0.15, -0.1) is 22.9 Å². The molecular formula is C11H16ClNS. The molecule has 1 aliphatic rings. The number of alkyl halides is 1. The Morgan fingerprint density at radius 1 is 1.57 bits per heavy atom. The number of rotatable bonds is 2. The van der Waals surface area contributed by atoms with Crippen molar-refractivity contribution in [1.29, 1.82) is 0 Å². The largest absolute Gasteiger partial charge is 0.247 e. The third-order valence-corrected chi connectivity index (χ3v) is 4.23. The highest BCUT2D eigenvalue weighted by Crippen LogP contribution is 2.30. The zero-order valence-corrected chi connectivity index (χ0v) is 10.1. The first-order valence-corrected chi connectivity index (χ1v) is 6.60. The van der Waals surface area contributed by atoms with Crippen LogP contribution in [-0.2, 0) is 6.42 Å². The smallest absolute Gasteiger partial charge is 0.0930 e. The van der Waals surface area contributed by atoms with Crippen molar-refractivity contribution in [3.8, 4) is 0 Å². The summed E-state index contributed by atoms with van der Waals surface area (Å²) >= 11 is 7.96. The minimum Gasteiger partial charge on any atom is -0.247 e. The normalized spacial score (nSPS) is 27.9. The molecule has 0 spiro atoms. The molecular weight excluding hydrogens is 214 g/mol. The lowest BCUT2D eigenvalue weighted by Crippen LogP contribution is -2.17. The lowest BCUT2D eigenvalue weighted by atomic mass is 9.87. The van der Waals surface area contributed by atoms with Crippen molar-refractivity contribution >= 4 is 22.9 Å². The molecule has 2 atom stereocenters. The zero-order chi connectivity index (χ0) is 9.97. The van der Waals surface area contributed by atoms with E-state index in [0.29, 0.717) is 5.38 Å². The number of thiazole rings is 1. The average Bonchev–Trinajstić information content (AvgIpc) is 2.51. The van der Waals surface area contributed by atoms with E-state index >= 15 is 0 Å². The van der Waals surface area contributed by atoms with Crippen LogP contribution < -0.4 is 0 Å². The Hall–Kier alpha value is -0.0800. The van der Waals surface area contributed by atoms with Crippen LogP contribution in [0.15, 0.2) is 5.38 Å². The van der Waals surface area contributed by atoms with Gasteiger partial charge in [0.15, 0.2) is 0 Å². The Labute approximate surface area is 94.5 Å². The number of aryl methyl sites for hydroxylation is 1. The van der Waals surface area contributed by atoms with E-state index in [2.05, 4.69) is 17.3 Å². The Bertz CT molecular complexity index is 297. The van der Waals surface area contributed by atoms with Gasteiger partial charge in [-0.3, -0.25) is 0 Å². The molecule has 1 fully saturated rings. The van der Waals surface area contributed by atoms with Gasteiger partial charge in [0.05, 0.1) is 5.01 Å². The lowest BCUT2D eigenvalue weighted by molar-refractivity contribution is 0.361. The molecule has 78 valence electrons. The fourth-order valence-corrected chi connectivity index (χ4v) is 3.45. The standard InChI is InChI=1S/C11H16ClNS/c1-8-7-14-11(13-8)6-9-3-2-4-10(12)5-9/h7,9-10H,2-6H2,1H3. The fourth-order valence-electron chi connectivity index (χ4n) is 2.15. The molecule has 1 saturated carbocycles. The molecule has 0 aromatic carbocycles. The van der Waals surface area contributed by atoms with Crippen LogP contribution in [0.3, 0.4) is 0 Å². The van der Waals surface area contributed by atoms with Crippen LogP contribution in [-0.4, -0.2) is 10.4 Å². The number of aromatic nitrogens is 1. The van der Waals surface area contributed by atoms with Gasteiger partial charge in [0.1, 0.15) is 0 Å². The SMILES string of the molecule is Cc1csc(CC2CCCC(Cl)C2)n1. The van der Waals surface area contributed by atoms with Crippen LogP contribution in [0.2, 0.25) is 0 Å². The Kier molecular flexibility index (Phi) is 3.45. The van der Waals surface area contributed by atoms with Crippen molar-refractivity contribution in [2.45, 2.75) is 44.4 Å². The summed E-state index contributed by atoms with van der Waals surface area (Å²) in [5.41, 5.74) is 1.16. The van der Waals surface area contributed by atoms with Crippen LogP contribution in [0.5, 0.6) is 0 Å². The number of hydrogen-bond donors (Lipinski definition) is 0. The fraction of sp³-hybridized carbons (Fsp3) is 0.727. The van der Waals surface area contributed by atoms with Gasteiger partial charge in [-0.1, -0.05) is 6.42 Å². The molecule has 1 nitrogen and oxygen atoms in total. The molecule has 3 heteroatoms. The maximum absolute atomic E-state index is 6.17. The van der Waals surface area contributed by atoms with E-state index in [1.54, 1.807) is 11.3 Å². The van der Waals surface area contributed by atoms with Gasteiger partial charge in [-0.25, -0.2) is 4.98 Å². The maximum atomic E-state index is 6.17. The van der Waals surface area contributed by atoms with Crippen molar-refractivity contribution in [2.75, 3.05) is 0 Å². The summed E-state index contributed by atoms with van der Waals surface area (Å²) in [5, 5.41) is 3.84. The van der Waals surface area contributed by atoms with Crippen molar-refractivity contribution in [1.82, 2.24) is 4.98 Å². The van der Waals surface area contributed by atoms with E-state index in [9.17, 15) is 0 Å². The van der Waals surface area contributed by atoms with E-state index in [0.717, 1.165) is 18.0 Å². The summed E-state index contributed by atoms with van der Waals surface area (Å²) in [5.74, 6) is 0.775. The van der Waals surface area contributed by atoms with E-state index in [-0.39, 0.29) is 0 Å². The van der Waals surface area contributed by atoms with Gasteiger partial charge in [0, 0.05) is 22.9 Å². The minimum atomic E-state index is 0.412. The molecule has 0 aliphatic heterocycles. The lowest BCUT2D eigenvalue weighted by Gasteiger charge is -2.24. The first-order chi connectivity index (χ1) is 6.74. The summed E-state index contributed by atoms with van der Waals surface area (Å²) in [7, 11) is 0. The van der Waals surface area contributed by atoms with Crippen LogP contribution in [0.4, 0.5) is 0 Å². The summed E-state index contributed by atoms with van der Waals surface area (Å²) < 4.78 is 0. The van der Waals surface area contributed by atoms with Gasteiger partial charge >= 0.3 is 0 Å². The monoisotopic (exact) mass is 229 g/mol. The Morgan fingerprint density at radius 3 is 3.07 bits per heavy atom. The van der Waals surface area contributed by atoms with Crippen molar-refractivity contribution in [2.24, 2.45) is 5.92 Å². The van der Waals surface area contributed by atoms with Gasteiger partial charge < -0.3 is 0 Å². The molecule has 0 amide bonds. The van der Waals surface area contributed by atoms with Crippen LogP contribution >= 0.6 is 22.9 Å². The third-order valence-electron chi connectivity index (χ3n) is 2.85. The minimum absolute atomic E-state index is 0.412. The molecule has 0 radical (unpaired) electrons. The molecule has 2 unspecified atom stereocenters. The van der Waals surface area contributed by atoms with Crippen LogP contribution in [0, 0.1) is 12.8 Å². The van der Waals surface area contributed by atoms with E-state index in [1.165, 1.54) is 30.7 Å². The quantitative estimate of drug-likeness (QED) is 0.704. The summed E-state index contributed by atoms with van der Waals surface area (Å²) in [4.78, 5) is 4.51. The molecule has 14 heavy (non-hydrogen) atoms. The molecule has 0 bridgehead atoms. The summed E-state index contributed by atoms with van der Waals surface area (Å²) in [6, 6.07) is 0. The second-order valence-corrected chi connectivity index (χ2v) is 5.78. The van der Waals surface area contributed by atoms with Gasteiger partial charge in [-0.2, -0.15) is 0 Å². The van der Waals surface area contributed by atoms with Gasteiger partial charge in [0.2, 0.25) is 0 Å². The Balaban J connectivity index is 1.90. The predicted octanol–water partition coefficient (Wildman–Crippen LogP) is 3.79. The first kappa shape index (κ1) is 10.4. The van der Waals surface area contributed by atoms with Gasteiger partial charge in [-0.05, 0) is 32.1 Å². The highest BCUT2D eigenvalue weighted by atomic mass is 35.5. The molecule has 1 aromatic rings. The molecule has 1 heterocycles. The first-order valence-electron chi connectivity index (χ1n) is 5.29. The van der Waals surface area contributed by atoms with E-state index in [4.69, 9.17) is 11.6 Å². The van der Waals surface area contributed by atoms with E-state index in [1.807, 2.05) is 0 Å². The van der Waals surface area contributed by atoms with E-state index < -0.39 is 0 Å². The highest BCUT2D eigenvalue weighted by Gasteiger charge is 2.21. The van der Waals surface area contributed by atoms with Crippen molar-refractivity contribution < 1.29 is 0 Å². The average molecular weight is 230 g/mol. The van der Waals surface area contributed by atoms with Crippen molar-refractivity contribution in [3.63, 3.8) is 0 Å². The highest BCUT2D eigenvalue weighted by molar-refractivity contribution is 7.09. The Morgan fingerprint density at radius 2 is 2.43 bits per heavy atom. The van der Waals surface area contributed by atoms with Crippen LogP contribution in [0.1, 0.15) is 36.4 Å².